The van der Waals surface area contributed by atoms with Gasteiger partial charge in [-0.15, -0.1) is 12.3 Å². The second kappa shape index (κ2) is 5.58. The minimum Gasteiger partial charge on any atom is -0.491 e. The highest BCUT2D eigenvalue weighted by atomic mass is 79.9. The lowest BCUT2D eigenvalue weighted by Crippen LogP contribution is -1.98. The standard InChI is InChI=1S/C10H8BrClO3S/c1-2-3-6-15-10-5-4-8(7-9(10)11)16(12,13)14/h1,4-5,7H,3,6H2. The van der Waals surface area contributed by atoms with Crippen molar-refractivity contribution in [3.05, 3.63) is 22.7 Å². The van der Waals surface area contributed by atoms with Crippen LogP contribution in [0.1, 0.15) is 6.42 Å². The van der Waals surface area contributed by atoms with Crippen molar-refractivity contribution in [2.45, 2.75) is 11.3 Å². The Morgan fingerprint density at radius 1 is 1.50 bits per heavy atom. The highest BCUT2D eigenvalue weighted by Gasteiger charge is 2.12. The second-order valence-electron chi connectivity index (χ2n) is 2.83. The van der Waals surface area contributed by atoms with E-state index < -0.39 is 9.05 Å². The summed E-state index contributed by atoms with van der Waals surface area (Å²) in [7, 11) is 1.48. The van der Waals surface area contributed by atoms with Crippen LogP contribution in [0.2, 0.25) is 0 Å². The topological polar surface area (TPSA) is 43.4 Å². The number of terminal acetylenes is 1. The van der Waals surface area contributed by atoms with Gasteiger partial charge in [0.05, 0.1) is 16.0 Å². The number of rotatable bonds is 4. The molecular weight excluding hydrogens is 316 g/mol. The van der Waals surface area contributed by atoms with E-state index in [-0.39, 0.29) is 4.90 Å². The molecule has 0 spiro atoms. The van der Waals surface area contributed by atoms with Crippen LogP contribution in [-0.2, 0) is 9.05 Å². The molecule has 0 unspecified atom stereocenters. The molecule has 0 bridgehead atoms. The summed E-state index contributed by atoms with van der Waals surface area (Å²) in [6.45, 7) is 0.377. The van der Waals surface area contributed by atoms with Crippen molar-refractivity contribution < 1.29 is 13.2 Å². The van der Waals surface area contributed by atoms with Crippen LogP contribution in [0.25, 0.3) is 0 Å². The molecule has 6 heteroatoms. The van der Waals surface area contributed by atoms with Crippen LogP contribution in [0.4, 0.5) is 0 Å². The van der Waals surface area contributed by atoms with Crippen molar-refractivity contribution in [1.82, 2.24) is 0 Å². The molecule has 0 amide bonds. The molecule has 86 valence electrons. The van der Waals surface area contributed by atoms with Crippen LogP contribution < -0.4 is 4.74 Å². The normalized spacial score (nSPS) is 10.8. The van der Waals surface area contributed by atoms with E-state index in [2.05, 4.69) is 21.9 Å². The van der Waals surface area contributed by atoms with E-state index in [0.29, 0.717) is 23.2 Å². The molecule has 0 aliphatic rings. The SMILES string of the molecule is C#CCCOc1ccc(S(=O)(=O)Cl)cc1Br. The first-order valence-electron chi connectivity index (χ1n) is 4.25. The van der Waals surface area contributed by atoms with Gasteiger partial charge in [-0.2, -0.15) is 0 Å². The zero-order valence-electron chi connectivity index (χ0n) is 8.11. The third kappa shape index (κ3) is 3.71. The number of hydrogen-bond donors (Lipinski definition) is 0. The fraction of sp³-hybridized carbons (Fsp3) is 0.200. The maximum absolute atomic E-state index is 11.0. The summed E-state index contributed by atoms with van der Waals surface area (Å²) in [6, 6.07) is 4.28. The average molecular weight is 324 g/mol. The van der Waals surface area contributed by atoms with Crippen molar-refractivity contribution in [3.8, 4) is 18.1 Å². The fourth-order valence-corrected chi connectivity index (χ4v) is 2.39. The smallest absolute Gasteiger partial charge is 0.261 e. The predicted molar refractivity (Wildman–Crippen MR) is 66.1 cm³/mol. The Labute approximate surface area is 107 Å². The molecule has 16 heavy (non-hydrogen) atoms. The largest absolute Gasteiger partial charge is 0.491 e. The summed E-state index contributed by atoms with van der Waals surface area (Å²) < 4.78 is 27.9. The minimum atomic E-state index is -3.71. The maximum atomic E-state index is 11.0. The maximum Gasteiger partial charge on any atom is 0.261 e. The van der Waals surface area contributed by atoms with Crippen LogP contribution in [0.3, 0.4) is 0 Å². The molecule has 0 radical (unpaired) electrons. The Morgan fingerprint density at radius 3 is 2.69 bits per heavy atom. The first-order chi connectivity index (χ1) is 7.45. The Balaban J connectivity index is 2.89. The fourth-order valence-electron chi connectivity index (χ4n) is 0.970. The average Bonchev–Trinajstić information content (AvgIpc) is 2.19. The molecule has 3 nitrogen and oxygen atoms in total. The van der Waals surface area contributed by atoms with E-state index in [1.165, 1.54) is 18.2 Å². The number of halogens is 2. The quantitative estimate of drug-likeness (QED) is 0.486. The molecule has 0 heterocycles. The van der Waals surface area contributed by atoms with Gasteiger partial charge in [-0.25, -0.2) is 8.42 Å². The van der Waals surface area contributed by atoms with Crippen molar-refractivity contribution in [3.63, 3.8) is 0 Å². The van der Waals surface area contributed by atoms with Crippen molar-refractivity contribution in [2.75, 3.05) is 6.61 Å². The first kappa shape index (κ1) is 13.4. The van der Waals surface area contributed by atoms with E-state index in [0.717, 1.165) is 0 Å². The van der Waals surface area contributed by atoms with Gasteiger partial charge in [-0.05, 0) is 34.1 Å². The predicted octanol–water partition coefficient (Wildman–Crippen LogP) is 2.78. The molecule has 0 aliphatic carbocycles. The molecule has 0 aromatic heterocycles. The third-order valence-corrected chi connectivity index (χ3v) is 3.66. The number of benzene rings is 1. The van der Waals surface area contributed by atoms with Crippen molar-refractivity contribution in [2.24, 2.45) is 0 Å². The van der Waals surface area contributed by atoms with Crippen LogP contribution in [0.15, 0.2) is 27.6 Å². The van der Waals surface area contributed by atoms with Gasteiger partial charge in [0.1, 0.15) is 5.75 Å². The molecule has 0 fully saturated rings. The lowest BCUT2D eigenvalue weighted by atomic mass is 10.3. The summed E-state index contributed by atoms with van der Waals surface area (Å²) in [6.07, 6.45) is 5.56. The van der Waals surface area contributed by atoms with Crippen LogP contribution >= 0.6 is 26.6 Å². The number of hydrogen-bond acceptors (Lipinski definition) is 3. The molecule has 1 aromatic carbocycles. The summed E-state index contributed by atoms with van der Waals surface area (Å²) in [4.78, 5) is 0.0188. The van der Waals surface area contributed by atoms with E-state index in [4.69, 9.17) is 21.8 Å². The van der Waals surface area contributed by atoms with Crippen LogP contribution in [-0.4, -0.2) is 15.0 Å². The van der Waals surface area contributed by atoms with Gasteiger partial charge < -0.3 is 4.74 Å². The highest BCUT2D eigenvalue weighted by molar-refractivity contribution is 9.10. The Morgan fingerprint density at radius 2 is 2.19 bits per heavy atom. The zero-order chi connectivity index (χ0) is 12.2. The molecular formula is C10H8BrClO3S. The van der Waals surface area contributed by atoms with E-state index in [9.17, 15) is 8.42 Å². The Bertz CT molecular complexity index is 519. The van der Waals surface area contributed by atoms with Crippen molar-refractivity contribution in [1.29, 1.82) is 0 Å². The molecule has 0 saturated carbocycles. The van der Waals surface area contributed by atoms with E-state index in [1.54, 1.807) is 0 Å². The van der Waals surface area contributed by atoms with Gasteiger partial charge in [-0.3, -0.25) is 0 Å². The molecule has 1 rings (SSSR count). The molecule has 0 atom stereocenters. The highest BCUT2D eigenvalue weighted by Crippen LogP contribution is 2.29. The summed E-state index contributed by atoms with van der Waals surface area (Å²) in [5, 5.41) is 0. The van der Waals surface area contributed by atoms with Gasteiger partial charge in [-0.1, -0.05) is 0 Å². The third-order valence-electron chi connectivity index (χ3n) is 1.69. The second-order valence-corrected chi connectivity index (χ2v) is 6.25. The van der Waals surface area contributed by atoms with Gasteiger partial charge in [0, 0.05) is 17.1 Å². The van der Waals surface area contributed by atoms with Gasteiger partial charge in [0.25, 0.3) is 9.05 Å². The first-order valence-corrected chi connectivity index (χ1v) is 7.36. The zero-order valence-corrected chi connectivity index (χ0v) is 11.3. The van der Waals surface area contributed by atoms with Crippen LogP contribution in [0, 0.1) is 12.3 Å². The van der Waals surface area contributed by atoms with E-state index in [1.807, 2.05) is 0 Å². The van der Waals surface area contributed by atoms with Crippen molar-refractivity contribution >= 4 is 35.7 Å². The number of ether oxygens (including phenoxy) is 1. The molecule has 0 saturated heterocycles. The summed E-state index contributed by atoms with van der Waals surface area (Å²) >= 11 is 3.19. The van der Waals surface area contributed by atoms with Gasteiger partial charge in [0.2, 0.25) is 0 Å². The van der Waals surface area contributed by atoms with Gasteiger partial charge in [0.15, 0.2) is 0 Å². The monoisotopic (exact) mass is 322 g/mol. The minimum absolute atomic E-state index is 0.0188. The van der Waals surface area contributed by atoms with E-state index >= 15 is 0 Å². The molecule has 0 N–H and O–H groups in total. The molecule has 0 aliphatic heterocycles. The summed E-state index contributed by atoms with van der Waals surface area (Å²) in [5.74, 6) is 2.96. The van der Waals surface area contributed by atoms with Gasteiger partial charge >= 0.3 is 0 Å². The Kier molecular flexibility index (Phi) is 4.66. The summed E-state index contributed by atoms with van der Waals surface area (Å²) in [5.41, 5.74) is 0. The van der Waals surface area contributed by atoms with Crippen LogP contribution in [0.5, 0.6) is 5.75 Å². The Hall–Kier alpha value is -0.700. The lowest BCUT2D eigenvalue weighted by Gasteiger charge is -2.07. The molecule has 1 aromatic rings. The lowest BCUT2D eigenvalue weighted by molar-refractivity contribution is 0.325.